The zero-order valence-electron chi connectivity index (χ0n) is 13.5. The van der Waals surface area contributed by atoms with E-state index in [0.717, 1.165) is 12.1 Å². The molecule has 0 radical (unpaired) electrons. The van der Waals surface area contributed by atoms with Gasteiger partial charge in [-0.25, -0.2) is 0 Å². The van der Waals surface area contributed by atoms with E-state index in [4.69, 9.17) is 11.6 Å². The number of aromatic hydroxyl groups is 2. The molecule has 3 rings (SSSR count). The van der Waals surface area contributed by atoms with E-state index >= 15 is 0 Å². The molecule has 2 aromatic carbocycles. The molecule has 0 spiro atoms. The maximum atomic E-state index is 13.0. The molecule has 0 saturated carbocycles. The third kappa shape index (κ3) is 2.65. The van der Waals surface area contributed by atoms with E-state index in [2.05, 4.69) is 5.32 Å². The molecule has 0 fully saturated rings. The van der Waals surface area contributed by atoms with Gasteiger partial charge in [-0.1, -0.05) is 30.7 Å². The number of carbonyl (C=O) groups excluding carboxylic acids is 1. The molecule has 0 saturated heterocycles. The maximum Gasteiger partial charge on any atom is 0.258 e. The lowest BCUT2D eigenvalue weighted by Crippen LogP contribution is -2.47. The van der Waals surface area contributed by atoms with E-state index in [1.807, 2.05) is 32.0 Å². The van der Waals surface area contributed by atoms with E-state index in [-0.39, 0.29) is 28.5 Å². The van der Waals surface area contributed by atoms with Crippen molar-refractivity contribution in [3.05, 3.63) is 52.5 Å². The molecule has 2 atom stereocenters. The third-order valence-electron chi connectivity index (χ3n) is 4.41. The first-order valence-electron chi connectivity index (χ1n) is 7.83. The summed E-state index contributed by atoms with van der Waals surface area (Å²) in [7, 11) is 0. The number of anilines is 1. The van der Waals surface area contributed by atoms with Gasteiger partial charge in [0, 0.05) is 17.3 Å². The number of carbonyl (C=O) groups is 1. The summed E-state index contributed by atoms with van der Waals surface area (Å²) < 4.78 is 0. The number of amides is 1. The standard InChI is InChI=1S/C18H19ClN2O3/c1-3-10(2)21-17(11-8-13(19)16(23)15(22)9-11)20-14-7-5-4-6-12(14)18(21)24/h4-10,17,20,22-23H,3H2,1-2H3/t10-,17+/m1/s1. The molecule has 1 amide bonds. The minimum Gasteiger partial charge on any atom is -0.504 e. The number of rotatable bonds is 3. The minimum absolute atomic E-state index is 0.0157. The van der Waals surface area contributed by atoms with Gasteiger partial charge in [-0.15, -0.1) is 0 Å². The Morgan fingerprint density at radius 1 is 1.29 bits per heavy atom. The van der Waals surface area contributed by atoms with Gasteiger partial charge in [0.1, 0.15) is 6.17 Å². The molecular weight excluding hydrogens is 328 g/mol. The van der Waals surface area contributed by atoms with Gasteiger partial charge in [0.15, 0.2) is 11.5 Å². The van der Waals surface area contributed by atoms with Crippen molar-refractivity contribution >= 4 is 23.2 Å². The van der Waals surface area contributed by atoms with Crippen LogP contribution in [0.25, 0.3) is 0 Å². The summed E-state index contributed by atoms with van der Waals surface area (Å²) in [5, 5.41) is 22.9. The smallest absolute Gasteiger partial charge is 0.258 e. The summed E-state index contributed by atoms with van der Waals surface area (Å²) in [6.07, 6.45) is 0.301. The van der Waals surface area contributed by atoms with Gasteiger partial charge in [-0.05, 0) is 37.6 Å². The Bertz CT molecular complexity index is 771. The summed E-state index contributed by atoms with van der Waals surface area (Å²) in [6, 6.07) is 10.3. The molecular formula is C18H19ClN2O3. The number of hydrogen-bond donors (Lipinski definition) is 3. The lowest BCUT2D eigenvalue weighted by atomic mass is 10.0. The van der Waals surface area contributed by atoms with Crippen LogP contribution in [0.1, 0.15) is 42.4 Å². The van der Waals surface area contributed by atoms with Crippen LogP contribution in [-0.4, -0.2) is 27.1 Å². The summed E-state index contributed by atoms with van der Waals surface area (Å²) in [6.45, 7) is 3.99. The Kier molecular flexibility index (Phi) is 4.28. The fourth-order valence-corrected chi connectivity index (χ4v) is 3.15. The van der Waals surface area contributed by atoms with Gasteiger partial charge in [-0.2, -0.15) is 0 Å². The highest BCUT2D eigenvalue weighted by Crippen LogP contribution is 2.40. The molecule has 5 nitrogen and oxygen atoms in total. The lowest BCUT2D eigenvalue weighted by molar-refractivity contribution is 0.0593. The van der Waals surface area contributed by atoms with Gasteiger partial charge in [0.2, 0.25) is 0 Å². The lowest BCUT2D eigenvalue weighted by Gasteiger charge is -2.41. The fourth-order valence-electron chi connectivity index (χ4n) is 2.93. The fraction of sp³-hybridized carbons (Fsp3) is 0.278. The van der Waals surface area contributed by atoms with Crippen molar-refractivity contribution in [3.8, 4) is 11.5 Å². The summed E-state index contributed by atoms with van der Waals surface area (Å²) in [5.74, 6) is -0.750. The van der Waals surface area contributed by atoms with Gasteiger partial charge in [0.25, 0.3) is 5.91 Å². The second-order valence-electron chi connectivity index (χ2n) is 5.93. The first-order chi connectivity index (χ1) is 11.4. The van der Waals surface area contributed by atoms with E-state index < -0.39 is 6.17 Å². The van der Waals surface area contributed by atoms with Gasteiger partial charge in [-0.3, -0.25) is 4.79 Å². The van der Waals surface area contributed by atoms with Crippen LogP contribution in [0.5, 0.6) is 11.5 Å². The van der Waals surface area contributed by atoms with Crippen molar-refractivity contribution in [2.75, 3.05) is 5.32 Å². The molecule has 0 aliphatic carbocycles. The number of benzene rings is 2. The number of para-hydroxylation sites is 1. The van der Waals surface area contributed by atoms with E-state index in [1.165, 1.54) is 6.07 Å². The second-order valence-corrected chi connectivity index (χ2v) is 6.34. The molecule has 1 aliphatic heterocycles. The first kappa shape index (κ1) is 16.5. The highest BCUT2D eigenvalue weighted by Gasteiger charge is 2.35. The van der Waals surface area contributed by atoms with Crippen LogP contribution in [0.4, 0.5) is 5.69 Å². The minimum atomic E-state index is -0.480. The average Bonchev–Trinajstić information content (AvgIpc) is 2.58. The number of phenolic OH excluding ortho intramolecular Hbond substituents is 2. The van der Waals surface area contributed by atoms with E-state index in [9.17, 15) is 15.0 Å². The number of fused-ring (bicyclic) bond motifs is 1. The van der Waals surface area contributed by atoms with E-state index in [1.54, 1.807) is 17.0 Å². The monoisotopic (exact) mass is 346 g/mol. The molecule has 0 aromatic heterocycles. The van der Waals surface area contributed by atoms with Crippen LogP contribution in [0.3, 0.4) is 0 Å². The van der Waals surface area contributed by atoms with Crippen LogP contribution >= 0.6 is 11.6 Å². The van der Waals surface area contributed by atoms with Crippen molar-refractivity contribution in [2.45, 2.75) is 32.5 Å². The molecule has 0 unspecified atom stereocenters. The third-order valence-corrected chi connectivity index (χ3v) is 4.70. The Balaban J connectivity index is 2.12. The number of nitrogens with one attached hydrogen (secondary N) is 1. The van der Waals surface area contributed by atoms with Crippen molar-refractivity contribution in [3.63, 3.8) is 0 Å². The number of phenols is 2. The van der Waals surface area contributed by atoms with Crippen LogP contribution in [-0.2, 0) is 0 Å². The Labute approximate surface area is 145 Å². The number of halogens is 1. The van der Waals surface area contributed by atoms with Crippen LogP contribution < -0.4 is 5.32 Å². The van der Waals surface area contributed by atoms with Crippen molar-refractivity contribution < 1.29 is 15.0 Å². The van der Waals surface area contributed by atoms with Crippen LogP contribution in [0.2, 0.25) is 5.02 Å². The normalized spacial score (nSPS) is 18.0. The van der Waals surface area contributed by atoms with Crippen molar-refractivity contribution in [2.24, 2.45) is 0 Å². The second kappa shape index (κ2) is 6.24. The molecule has 2 aromatic rings. The summed E-state index contributed by atoms with van der Waals surface area (Å²) in [5.41, 5.74) is 1.96. The summed E-state index contributed by atoms with van der Waals surface area (Å²) >= 11 is 5.99. The Hall–Kier alpha value is -2.40. The zero-order valence-corrected chi connectivity index (χ0v) is 14.2. The topological polar surface area (TPSA) is 72.8 Å². The molecule has 0 bridgehead atoms. The van der Waals surface area contributed by atoms with Gasteiger partial charge < -0.3 is 20.4 Å². The number of hydrogen-bond acceptors (Lipinski definition) is 4. The predicted octanol–water partition coefficient (Wildman–Crippen LogP) is 4.12. The van der Waals surface area contributed by atoms with Crippen LogP contribution in [0, 0.1) is 0 Å². The van der Waals surface area contributed by atoms with E-state index in [0.29, 0.717) is 11.1 Å². The quantitative estimate of drug-likeness (QED) is 0.731. The average molecular weight is 347 g/mol. The predicted molar refractivity (Wildman–Crippen MR) is 93.5 cm³/mol. The molecule has 24 heavy (non-hydrogen) atoms. The van der Waals surface area contributed by atoms with Crippen LogP contribution in [0.15, 0.2) is 36.4 Å². The maximum absolute atomic E-state index is 13.0. The molecule has 1 heterocycles. The molecule has 3 N–H and O–H groups in total. The molecule has 126 valence electrons. The highest BCUT2D eigenvalue weighted by molar-refractivity contribution is 6.32. The Morgan fingerprint density at radius 3 is 2.67 bits per heavy atom. The first-order valence-corrected chi connectivity index (χ1v) is 8.21. The SMILES string of the molecule is CC[C@@H](C)N1C(=O)c2ccccc2N[C@@H]1c1cc(O)c(O)c(Cl)c1. The van der Waals surface area contributed by atoms with Gasteiger partial charge >= 0.3 is 0 Å². The zero-order chi connectivity index (χ0) is 17.4. The largest absolute Gasteiger partial charge is 0.504 e. The molecule has 1 aliphatic rings. The summed E-state index contributed by atoms with van der Waals surface area (Å²) in [4.78, 5) is 14.7. The van der Waals surface area contributed by atoms with Gasteiger partial charge in [0.05, 0.1) is 10.6 Å². The highest BCUT2D eigenvalue weighted by atomic mass is 35.5. The Morgan fingerprint density at radius 2 is 2.00 bits per heavy atom. The van der Waals surface area contributed by atoms with Crippen molar-refractivity contribution in [1.29, 1.82) is 0 Å². The van der Waals surface area contributed by atoms with Crippen molar-refractivity contribution in [1.82, 2.24) is 4.90 Å². The molecule has 6 heteroatoms. The number of nitrogens with zero attached hydrogens (tertiary/aromatic N) is 1.